The molecule has 0 radical (unpaired) electrons. The fourth-order valence-electron chi connectivity index (χ4n) is 2.28. The van der Waals surface area contributed by atoms with Crippen LogP contribution in [0.5, 0.6) is 0 Å². The van der Waals surface area contributed by atoms with E-state index in [0.29, 0.717) is 24.7 Å². The summed E-state index contributed by atoms with van der Waals surface area (Å²) < 4.78 is 0. The van der Waals surface area contributed by atoms with Gasteiger partial charge in [-0.3, -0.25) is 0 Å². The van der Waals surface area contributed by atoms with Crippen LogP contribution in [0.2, 0.25) is 0 Å². The van der Waals surface area contributed by atoms with Crippen LogP contribution in [0.4, 0.5) is 0 Å². The number of rotatable bonds is 4. The Bertz CT molecular complexity index is 703. The predicted molar refractivity (Wildman–Crippen MR) is 84.3 cm³/mol. The zero-order valence-electron chi connectivity index (χ0n) is 12.0. The van der Waals surface area contributed by atoms with E-state index in [1.807, 2.05) is 48.5 Å². The number of benzene rings is 2. The summed E-state index contributed by atoms with van der Waals surface area (Å²) in [7, 11) is 0. The van der Waals surface area contributed by atoms with Crippen LogP contribution in [0, 0.1) is 0 Å². The Labute approximate surface area is 128 Å². The van der Waals surface area contributed by atoms with Gasteiger partial charge in [-0.05, 0) is 11.1 Å². The highest BCUT2D eigenvalue weighted by molar-refractivity contribution is 5.62. The minimum Gasteiger partial charge on any atom is -0.326 e. The molecule has 0 saturated heterocycles. The molecule has 1 heterocycles. The van der Waals surface area contributed by atoms with Crippen molar-refractivity contribution >= 4 is 0 Å². The van der Waals surface area contributed by atoms with Crippen molar-refractivity contribution in [2.24, 2.45) is 11.5 Å². The molecule has 22 heavy (non-hydrogen) atoms. The van der Waals surface area contributed by atoms with Crippen molar-refractivity contribution in [3.8, 4) is 22.8 Å². The molecule has 110 valence electrons. The van der Waals surface area contributed by atoms with E-state index >= 15 is 0 Å². The van der Waals surface area contributed by atoms with Gasteiger partial charge >= 0.3 is 0 Å². The normalized spacial score (nSPS) is 10.6. The second-order valence-electron chi connectivity index (χ2n) is 4.77. The van der Waals surface area contributed by atoms with Crippen LogP contribution in [-0.2, 0) is 13.1 Å². The third kappa shape index (κ3) is 2.69. The van der Waals surface area contributed by atoms with Crippen molar-refractivity contribution in [1.29, 1.82) is 0 Å². The first-order chi connectivity index (χ1) is 10.8. The summed E-state index contributed by atoms with van der Waals surface area (Å²) in [6.45, 7) is 0.828. The Morgan fingerprint density at radius 3 is 1.32 bits per heavy atom. The zero-order valence-corrected chi connectivity index (χ0v) is 12.0. The summed E-state index contributed by atoms with van der Waals surface area (Å²) in [6, 6.07) is 15.4. The van der Waals surface area contributed by atoms with Crippen molar-refractivity contribution in [2.75, 3.05) is 0 Å². The van der Waals surface area contributed by atoms with E-state index in [0.717, 1.165) is 22.3 Å². The summed E-state index contributed by atoms with van der Waals surface area (Å²) in [5.41, 5.74) is 15.1. The van der Waals surface area contributed by atoms with E-state index in [1.165, 1.54) is 0 Å². The lowest BCUT2D eigenvalue weighted by Crippen LogP contribution is -2.05. The smallest absolute Gasteiger partial charge is 0.203 e. The maximum atomic E-state index is 5.74. The molecule has 1 aromatic heterocycles. The number of hydrogen-bond donors (Lipinski definition) is 2. The fraction of sp³-hybridized carbons (Fsp3) is 0.125. The van der Waals surface area contributed by atoms with Gasteiger partial charge in [0.05, 0.1) is 0 Å². The molecule has 0 aliphatic rings. The van der Waals surface area contributed by atoms with Gasteiger partial charge in [-0.25, -0.2) is 0 Å². The number of aromatic nitrogens is 4. The molecule has 0 aliphatic heterocycles. The minimum atomic E-state index is 0.414. The molecule has 0 saturated carbocycles. The van der Waals surface area contributed by atoms with Crippen molar-refractivity contribution in [3.05, 3.63) is 59.7 Å². The molecule has 3 aromatic rings. The number of nitrogens with two attached hydrogens (primary N) is 2. The number of hydrogen-bond acceptors (Lipinski definition) is 6. The molecular weight excluding hydrogens is 276 g/mol. The quantitative estimate of drug-likeness (QED) is 0.755. The Balaban J connectivity index is 2.00. The molecule has 0 atom stereocenters. The lowest BCUT2D eigenvalue weighted by atomic mass is 10.1. The van der Waals surface area contributed by atoms with Crippen LogP contribution in [0.3, 0.4) is 0 Å². The molecule has 0 aliphatic carbocycles. The highest BCUT2D eigenvalue weighted by Gasteiger charge is 2.11. The van der Waals surface area contributed by atoms with Crippen molar-refractivity contribution in [2.45, 2.75) is 13.1 Å². The van der Waals surface area contributed by atoms with Gasteiger partial charge in [0.2, 0.25) is 11.6 Å². The van der Waals surface area contributed by atoms with Gasteiger partial charge < -0.3 is 11.5 Å². The van der Waals surface area contributed by atoms with Gasteiger partial charge in [0.15, 0.2) is 0 Å². The summed E-state index contributed by atoms with van der Waals surface area (Å²) in [5.74, 6) is 0.935. The van der Waals surface area contributed by atoms with Crippen LogP contribution >= 0.6 is 0 Å². The van der Waals surface area contributed by atoms with E-state index in [4.69, 9.17) is 11.5 Å². The largest absolute Gasteiger partial charge is 0.326 e. The van der Waals surface area contributed by atoms with E-state index in [2.05, 4.69) is 20.4 Å². The molecular formula is C16H16N6. The van der Waals surface area contributed by atoms with Gasteiger partial charge in [0.25, 0.3) is 0 Å². The molecule has 3 rings (SSSR count). The summed E-state index contributed by atoms with van der Waals surface area (Å²) in [6.07, 6.45) is 0. The van der Waals surface area contributed by atoms with Crippen LogP contribution in [0.15, 0.2) is 48.5 Å². The van der Waals surface area contributed by atoms with Gasteiger partial charge in [0, 0.05) is 24.2 Å². The minimum absolute atomic E-state index is 0.414. The Morgan fingerprint density at radius 1 is 0.591 bits per heavy atom. The van der Waals surface area contributed by atoms with Gasteiger partial charge in [-0.2, -0.15) is 0 Å². The maximum Gasteiger partial charge on any atom is 0.203 e. The van der Waals surface area contributed by atoms with Crippen molar-refractivity contribution in [3.63, 3.8) is 0 Å². The van der Waals surface area contributed by atoms with Crippen molar-refractivity contribution in [1.82, 2.24) is 20.4 Å². The molecule has 0 bridgehead atoms. The topological polar surface area (TPSA) is 104 Å². The van der Waals surface area contributed by atoms with Crippen LogP contribution < -0.4 is 11.5 Å². The van der Waals surface area contributed by atoms with Crippen LogP contribution in [-0.4, -0.2) is 20.4 Å². The maximum absolute atomic E-state index is 5.74. The van der Waals surface area contributed by atoms with Gasteiger partial charge in [-0.1, -0.05) is 48.5 Å². The summed E-state index contributed by atoms with van der Waals surface area (Å²) >= 11 is 0. The summed E-state index contributed by atoms with van der Waals surface area (Å²) in [4.78, 5) is 0. The van der Waals surface area contributed by atoms with Gasteiger partial charge in [0.1, 0.15) is 0 Å². The summed E-state index contributed by atoms with van der Waals surface area (Å²) in [5, 5.41) is 16.8. The van der Waals surface area contributed by atoms with E-state index < -0.39 is 0 Å². The second kappa shape index (κ2) is 6.38. The second-order valence-corrected chi connectivity index (χ2v) is 4.77. The fourth-order valence-corrected chi connectivity index (χ4v) is 2.28. The lowest BCUT2D eigenvalue weighted by Gasteiger charge is -2.07. The highest BCUT2D eigenvalue weighted by Crippen LogP contribution is 2.21. The number of nitrogens with zero attached hydrogens (tertiary/aromatic N) is 4. The highest BCUT2D eigenvalue weighted by atomic mass is 15.3. The van der Waals surface area contributed by atoms with E-state index in [-0.39, 0.29) is 0 Å². The third-order valence-electron chi connectivity index (χ3n) is 3.44. The average Bonchev–Trinajstić information content (AvgIpc) is 2.62. The third-order valence-corrected chi connectivity index (χ3v) is 3.44. The molecule has 0 fully saturated rings. The Morgan fingerprint density at radius 2 is 0.955 bits per heavy atom. The zero-order chi connectivity index (χ0) is 15.4. The SMILES string of the molecule is NCc1ccccc1-c1nnc(-c2ccccc2CN)nn1. The lowest BCUT2D eigenvalue weighted by molar-refractivity contribution is 0.869. The molecule has 0 amide bonds. The van der Waals surface area contributed by atoms with E-state index in [9.17, 15) is 0 Å². The average molecular weight is 292 g/mol. The van der Waals surface area contributed by atoms with Crippen LogP contribution in [0.1, 0.15) is 11.1 Å². The molecule has 0 unspecified atom stereocenters. The first-order valence-corrected chi connectivity index (χ1v) is 6.97. The van der Waals surface area contributed by atoms with Gasteiger partial charge in [-0.15, -0.1) is 20.4 Å². The van der Waals surface area contributed by atoms with Crippen LogP contribution in [0.25, 0.3) is 22.8 Å². The molecule has 2 aromatic carbocycles. The standard InChI is InChI=1S/C16H16N6/c17-9-11-5-1-3-7-13(11)15-19-21-16(22-20-15)14-8-4-2-6-12(14)10-18/h1-8H,9-10,17-18H2. The molecule has 0 spiro atoms. The first kappa shape index (κ1) is 14.2. The van der Waals surface area contributed by atoms with Crippen molar-refractivity contribution < 1.29 is 0 Å². The molecule has 6 nitrogen and oxygen atoms in total. The van der Waals surface area contributed by atoms with E-state index in [1.54, 1.807) is 0 Å². The first-order valence-electron chi connectivity index (χ1n) is 6.97. The molecule has 6 heteroatoms. The molecule has 4 N–H and O–H groups in total. The Hall–Kier alpha value is -2.70. The monoisotopic (exact) mass is 292 g/mol. The predicted octanol–water partition coefficient (Wildman–Crippen LogP) is 1.52. The Kier molecular flexibility index (Phi) is 4.13.